The van der Waals surface area contributed by atoms with Gasteiger partial charge in [0.1, 0.15) is 0 Å². The fraction of sp³-hybridized carbons (Fsp3) is 0.143. The second kappa shape index (κ2) is 8.18. The second-order valence-electron chi connectivity index (χ2n) is 3.58. The molecule has 0 aliphatic heterocycles. The number of hydrogen-bond donors (Lipinski definition) is 0. The van der Waals surface area contributed by atoms with Crippen molar-refractivity contribution in [3.05, 3.63) is 71.8 Å². The normalized spacial score (nSPS) is 11.0. The van der Waals surface area contributed by atoms with Gasteiger partial charge in [0.05, 0.1) is 0 Å². The summed E-state index contributed by atoms with van der Waals surface area (Å²) in [5, 5.41) is 0. The van der Waals surface area contributed by atoms with E-state index in [0.717, 1.165) is 24.3 Å². The number of halogens is 6. The Morgan fingerprint density at radius 3 is 1.14 bits per heavy atom. The summed E-state index contributed by atoms with van der Waals surface area (Å²) in [5.74, 6) is 0. The summed E-state index contributed by atoms with van der Waals surface area (Å²) in [6.07, 6.45) is -8.48. The molecule has 7 heteroatoms. The largest absolute Gasteiger partial charge is 2.00 e. The number of benzene rings is 2. The van der Waals surface area contributed by atoms with E-state index >= 15 is 0 Å². The van der Waals surface area contributed by atoms with Crippen LogP contribution in [0.3, 0.4) is 0 Å². The number of hydrogen-bond acceptors (Lipinski definition) is 0. The molecule has 0 fully saturated rings. The molecule has 0 aliphatic carbocycles. The molecule has 21 heavy (non-hydrogen) atoms. The summed E-state index contributed by atoms with van der Waals surface area (Å²) in [4.78, 5) is 0. The molecule has 0 spiro atoms. The van der Waals surface area contributed by atoms with Gasteiger partial charge in [-0.15, -0.1) is 0 Å². The van der Waals surface area contributed by atoms with Crippen LogP contribution in [0, 0.1) is 12.1 Å². The molecule has 0 N–H and O–H groups in total. The first-order valence-corrected chi connectivity index (χ1v) is 5.28. The molecule has 0 heterocycles. The van der Waals surface area contributed by atoms with Crippen LogP contribution in [-0.2, 0) is 31.8 Å². The van der Waals surface area contributed by atoms with Crippen molar-refractivity contribution in [1.29, 1.82) is 0 Å². The van der Waals surface area contributed by atoms with Crippen LogP contribution in [0.5, 0.6) is 0 Å². The fourth-order valence-corrected chi connectivity index (χ4v) is 1.14. The van der Waals surface area contributed by atoms with Crippen LogP contribution in [-0.4, -0.2) is 0 Å². The van der Waals surface area contributed by atoms with Gasteiger partial charge in [-0.3, -0.25) is 0 Å². The van der Waals surface area contributed by atoms with Crippen molar-refractivity contribution in [2.24, 2.45) is 0 Å². The summed E-state index contributed by atoms with van der Waals surface area (Å²) in [5.41, 5.74) is -1.31. The minimum Gasteiger partial charge on any atom is -0.183 e. The first kappa shape index (κ1) is 19.6. The number of alkyl halides is 6. The Kier molecular flexibility index (Phi) is 7.65. The maximum atomic E-state index is 11.8. The van der Waals surface area contributed by atoms with Gasteiger partial charge in [-0.1, -0.05) is 11.1 Å². The Morgan fingerprint density at radius 2 is 1.00 bits per heavy atom. The third-order valence-corrected chi connectivity index (χ3v) is 2.07. The smallest absolute Gasteiger partial charge is 0.183 e. The van der Waals surface area contributed by atoms with Gasteiger partial charge in [-0.25, -0.2) is 0 Å². The second-order valence-corrected chi connectivity index (χ2v) is 3.58. The van der Waals surface area contributed by atoms with Crippen LogP contribution in [0.15, 0.2) is 48.5 Å². The van der Waals surface area contributed by atoms with Gasteiger partial charge in [0.15, 0.2) is 0 Å². The first-order chi connectivity index (χ1) is 9.21. The van der Waals surface area contributed by atoms with E-state index in [1.54, 1.807) is 0 Å². The third kappa shape index (κ3) is 7.27. The van der Waals surface area contributed by atoms with Crippen LogP contribution < -0.4 is 0 Å². The maximum absolute atomic E-state index is 11.8. The minimum atomic E-state index is -4.24. The molecule has 0 saturated heterocycles. The van der Waals surface area contributed by atoms with E-state index in [1.165, 1.54) is 24.3 Å². The van der Waals surface area contributed by atoms with Crippen LogP contribution in [0.1, 0.15) is 11.1 Å². The van der Waals surface area contributed by atoms with Gasteiger partial charge in [0, 0.05) is 0 Å². The Balaban J connectivity index is 0.000000364. The molecule has 2 aromatic rings. The zero-order valence-electron chi connectivity index (χ0n) is 10.6. The van der Waals surface area contributed by atoms with Crippen LogP contribution in [0.4, 0.5) is 26.3 Å². The summed E-state index contributed by atoms with van der Waals surface area (Å²) in [6.45, 7) is 0. The van der Waals surface area contributed by atoms with Crippen molar-refractivity contribution >= 4 is 0 Å². The molecule has 0 unspecified atom stereocenters. The molecule has 0 saturated carbocycles. The van der Waals surface area contributed by atoms with Crippen molar-refractivity contribution in [3.63, 3.8) is 0 Å². The summed E-state index contributed by atoms with van der Waals surface area (Å²) >= 11 is 0. The molecular weight excluding hydrogens is 348 g/mol. The number of rotatable bonds is 0. The molecule has 108 valence electrons. The van der Waals surface area contributed by atoms with Gasteiger partial charge in [-0.05, 0) is 0 Å². The Morgan fingerprint density at radius 1 is 0.667 bits per heavy atom. The molecule has 0 aromatic heterocycles. The van der Waals surface area contributed by atoms with Gasteiger partial charge in [-0.2, -0.15) is 87.0 Å². The van der Waals surface area contributed by atoms with Crippen LogP contribution >= 0.6 is 0 Å². The van der Waals surface area contributed by atoms with Crippen LogP contribution in [0.2, 0.25) is 0 Å². The molecular formula is C14H8F6Zn. The Hall–Kier alpha value is -1.36. The van der Waals surface area contributed by atoms with E-state index in [1.807, 2.05) is 0 Å². The van der Waals surface area contributed by atoms with E-state index in [0.29, 0.717) is 0 Å². The van der Waals surface area contributed by atoms with Crippen molar-refractivity contribution in [2.75, 3.05) is 0 Å². The Bertz CT molecular complexity index is 455. The van der Waals surface area contributed by atoms with E-state index in [9.17, 15) is 26.3 Å². The van der Waals surface area contributed by atoms with Crippen LogP contribution in [0.25, 0.3) is 0 Å². The molecule has 0 atom stereocenters. The van der Waals surface area contributed by atoms with Gasteiger partial charge in [0.25, 0.3) is 0 Å². The van der Waals surface area contributed by atoms with Crippen molar-refractivity contribution < 1.29 is 45.8 Å². The first-order valence-electron chi connectivity index (χ1n) is 5.28. The maximum Gasteiger partial charge on any atom is 2.00 e. The van der Waals surface area contributed by atoms with E-state index in [2.05, 4.69) is 12.1 Å². The average molecular weight is 356 g/mol. The third-order valence-electron chi connectivity index (χ3n) is 2.07. The summed E-state index contributed by atoms with van der Waals surface area (Å²) in [7, 11) is 0. The molecule has 2 aromatic carbocycles. The van der Waals surface area contributed by atoms with Crippen molar-refractivity contribution in [1.82, 2.24) is 0 Å². The van der Waals surface area contributed by atoms with E-state index < -0.39 is 23.5 Å². The monoisotopic (exact) mass is 354 g/mol. The van der Waals surface area contributed by atoms with Gasteiger partial charge < -0.3 is 0 Å². The molecule has 0 bridgehead atoms. The quantitative estimate of drug-likeness (QED) is 0.354. The fourth-order valence-electron chi connectivity index (χ4n) is 1.14. The standard InChI is InChI=1S/2C7H4F3.Zn/c2*8-7(9,10)6-4-2-1-3-5-6;/h2*1-2,4-5H;/q2*-1;+2. The molecule has 0 nitrogen and oxygen atoms in total. The average Bonchev–Trinajstić information content (AvgIpc) is 2.40. The molecule has 2 rings (SSSR count). The Labute approximate surface area is 130 Å². The topological polar surface area (TPSA) is 0 Å². The SMILES string of the molecule is FC(F)(F)c1c[c-]ccc1.FC(F)(F)c1c[c-]ccc1.[Zn+2]. The van der Waals surface area contributed by atoms with Crippen molar-refractivity contribution in [2.45, 2.75) is 12.4 Å². The zero-order valence-corrected chi connectivity index (χ0v) is 13.6. The summed E-state index contributed by atoms with van der Waals surface area (Å²) in [6, 6.07) is 14.0. The van der Waals surface area contributed by atoms with E-state index in [4.69, 9.17) is 0 Å². The molecule has 0 aliphatic rings. The summed E-state index contributed by atoms with van der Waals surface area (Å²) < 4.78 is 70.6. The van der Waals surface area contributed by atoms with E-state index in [-0.39, 0.29) is 19.5 Å². The molecule has 0 amide bonds. The zero-order chi connectivity index (χ0) is 15.2. The molecule has 0 radical (unpaired) electrons. The predicted octanol–water partition coefficient (Wildman–Crippen LogP) is 5.01. The van der Waals surface area contributed by atoms with Crippen molar-refractivity contribution in [3.8, 4) is 0 Å². The predicted molar refractivity (Wildman–Crippen MR) is 60.6 cm³/mol. The van der Waals surface area contributed by atoms with Gasteiger partial charge >= 0.3 is 31.8 Å². The minimum absolute atomic E-state index is 0. The van der Waals surface area contributed by atoms with Gasteiger partial charge in [0.2, 0.25) is 0 Å².